The van der Waals surface area contributed by atoms with Crippen LogP contribution in [0.1, 0.15) is 56.0 Å². The molecule has 2 amide bonds. The molecule has 2 aromatic heterocycles. The minimum Gasteiger partial charge on any atom is -0.455 e. The van der Waals surface area contributed by atoms with E-state index in [4.69, 9.17) is 21.1 Å². The molecular weight excluding hydrogens is 931 g/mol. The van der Waals surface area contributed by atoms with E-state index in [1.165, 1.54) is 17.2 Å². The number of halogens is 4. The van der Waals surface area contributed by atoms with Crippen LogP contribution in [0.15, 0.2) is 119 Å². The maximum atomic E-state index is 14.0. The Bertz CT molecular complexity index is 2680. The van der Waals surface area contributed by atoms with E-state index in [-0.39, 0.29) is 28.3 Å². The highest BCUT2D eigenvalue weighted by Gasteiger charge is 2.31. The number of alkyl halides is 3. The van der Waals surface area contributed by atoms with Crippen LogP contribution in [0.3, 0.4) is 0 Å². The van der Waals surface area contributed by atoms with Crippen molar-refractivity contribution in [2.24, 2.45) is 5.92 Å². The van der Waals surface area contributed by atoms with Crippen LogP contribution in [0.4, 0.5) is 29.3 Å². The van der Waals surface area contributed by atoms with Gasteiger partial charge in [-0.3, -0.25) is 14.4 Å². The molecule has 0 saturated carbocycles. The van der Waals surface area contributed by atoms with Gasteiger partial charge >= 0.3 is 11.6 Å². The van der Waals surface area contributed by atoms with E-state index >= 15 is 0 Å². The molecule has 2 fully saturated rings. The molecule has 0 unspecified atom stereocenters. The lowest BCUT2D eigenvalue weighted by molar-refractivity contribution is -0.0328. The molecule has 2 saturated heterocycles. The summed E-state index contributed by atoms with van der Waals surface area (Å²) >= 11 is 6.92. The predicted molar refractivity (Wildman–Crippen MR) is 267 cm³/mol. The first-order valence-electron chi connectivity index (χ1n) is 22.8. The Kier molecular flexibility index (Phi) is 15.7. The zero-order chi connectivity index (χ0) is 47.8. The van der Waals surface area contributed by atoms with E-state index in [9.17, 15) is 22.8 Å². The first-order chi connectivity index (χ1) is 32.6. The number of carbonyl (C=O) groups is 2. The van der Waals surface area contributed by atoms with Crippen LogP contribution in [-0.2, 0) is 11.2 Å². The van der Waals surface area contributed by atoms with E-state index in [1.807, 2.05) is 57.2 Å². The van der Waals surface area contributed by atoms with Crippen LogP contribution in [0.5, 0.6) is 11.5 Å². The van der Waals surface area contributed by atoms with Crippen LogP contribution in [-0.4, -0.2) is 95.2 Å². The minimum absolute atomic E-state index is 0.00159. The summed E-state index contributed by atoms with van der Waals surface area (Å²) in [5.74, 6) is 0.799. The standard InChI is InChI=1S/C51H55ClF3N7O4S2/c1-50(2,3)66-49(64)62-27-25-60(26-28-62)22-6-20-56-44-16-14-41(32-46(44)67-51(53,54)55)68-59-48(63)43-15-13-39(31-45(43)65-40-30-37-17-21-57-47(37)58-33-40)61-23-18-34(19-24-61)29-36-7-4-5-8-42(36)35-9-11-38(52)12-10-35/h4-5,7-17,21,30-34,56H,6,18-20,22-29H2,1-3H3,(H,57,58)(H,59,63). The molecule has 0 bridgehead atoms. The van der Waals surface area contributed by atoms with Gasteiger partial charge in [0.25, 0.3) is 5.91 Å². The first kappa shape index (κ1) is 48.9. The third-order valence-electron chi connectivity index (χ3n) is 11.9. The van der Waals surface area contributed by atoms with E-state index in [0.717, 1.165) is 67.5 Å². The zero-order valence-corrected chi connectivity index (χ0v) is 40.6. The van der Waals surface area contributed by atoms with Crippen LogP contribution in [0.2, 0.25) is 5.02 Å². The number of amides is 2. The highest BCUT2D eigenvalue weighted by molar-refractivity contribution is 8.00. The number of rotatable bonds is 15. The number of piperidine rings is 1. The lowest BCUT2D eigenvalue weighted by Gasteiger charge is -2.35. The summed E-state index contributed by atoms with van der Waals surface area (Å²) < 4.78 is 56.3. The summed E-state index contributed by atoms with van der Waals surface area (Å²) in [6.45, 7) is 10.8. The zero-order valence-electron chi connectivity index (χ0n) is 38.2. The molecule has 0 aliphatic carbocycles. The van der Waals surface area contributed by atoms with Gasteiger partial charge in [0.05, 0.1) is 11.8 Å². The molecule has 68 heavy (non-hydrogen) atoms. The van der Waals surface area contributed by atoms with Gasteiger partial charge in [-0.15, -0.1) is 0 Å². The third-order valence-corrected chi connectivity index (χ3v) is 13.7. The average molecular weight is 987 g/mol. The normalized spacial score (nSPS) is 15.1. The smallest absolute Gasteiger partial charge is 0.446 e. The molecule has 2 aliphatic heterocycles. The Morgan fingerprint density at radius 1 is 0.897 bits per heavy atom. The average Bonchev–Trinajstić information content (AvgIpc) is 3.78. The molecule has 0 atom stereocenters. The molecule has 4 heterocycles. The van der Waals surface area contributed by atoms with Gasteiger partial charge < -0.3 is 29.6 Å². The Labute approximate surface area is 408 Å². The van der Waals surface area contributed by atoms with E-state index < -0.39 is 17.0 Å². The fourth-order valence-corrected chi connectivity index (χ4v) is 10.0. The van der Waals surface area contributed by atoms with Gasteiger partial charge in [-0.25, -0.2) is 9.78 Å². The van der Waals surface area contributed by atoms with Crippen LogP contribution in [0.25, 0.3) is 22.2 Å². The lowest BCUT2D eigenvalue weighted by Crippen LogP contribution is -2.50. The number of aromatic amines is 1. The molecule has 0 spiro atoms. The van der Waals surface area contributed by atoms with Crippen molar-refractivity contribution in [3.8, 4) is 22.6 Å². The number of piperazine rings is 1. The summed E-state index contributed by atoms with van der Waals surface area (Å²) in [5.41, 5.74) is 0.817. The molecular formula is C51H55ClF3N7O4S2. The number of H-pyrrole nitrogens is 1. The van der Waals surface area contributed by atoms with Gasteiger partial charge in [0.2, 0.25) is 0 Å². The molecule has 8 rings (SSSR count). The fourth-order valence-electron chi connectivity index (χ4n) is 8.49. The minimum atomic E-state index is -4.53. The second-order valence-corrected chi connectivity index (χ2v) is 20.4. The number of nitrogens with one attached hydrogen (secondary N) is 3. The van der Waals surface area contributed by atoms with Gasteiger partial charge in [-0.05, 0) is 154 Å². The van der Waals surface area contributed by atoms with Crippen molar-refractivity contribution in [2.75, 3.05) is 62.6 Å². The van der Waals surface area contributed by atoms with Crippen LogP contribution in [0, 0.1) is 5.92 Å². The van der Waals surface area contributed by atoms with Gasteiger partial charge in [-0.1, -0.05) is 48.0 Å². The number of fused-ring (bicyclic) bond motifs is 1. The number of carbonyl (C=O) groups excluding carboxylic acids is 2. The molecule has 11 nitrogen and oxygen atoms in total. The number of aromatic nitrogens is 2. The number of pyridine rings is 1. The number of hydrogen-bond acceptors (Lipinski definition) is 10. The van der Waals surface area contributed by atoms with Crippen molar-refractivity contribution in [2.45, 2.75) is 67.4 Å². The second-order valence-electron chi connectivity index (χ2n) is 18.0. The summed E-state index contributed by atoms with van der Waals surface area (Å²) in [6, 6.07) is 30.5. The van der Waals surface area contributed by atoms with Crippen molar-refractivity contribution in [1.82, 2.24) is 24.5 Å². The molecule has 358 valence electrons. The number of ether oxygens (including phenoxy) is 2. The van der Waals surface area contributed by atoms with E-state index in [2.05, 4.69) is 66.2 Å². The number of anilines is 2. The molecule has 0 radical (unpaired) electrons. The van der Waals surface area contributed by atoms with E-state index in [0.29, 0.717) is 77.8 Å². The van der Waals surface area contributed by atoms with Crippen LogP contribution >= 0.6 is 35.3 Å². The SMILES string of the molecule is CC(C)(C)OC(=O)N1CCN(CCCNc2ccc(SNC(=O)c3ccc(N4CCC(Cc5ccccc5-c5ccc(Cl)cc5)CC4)cc3Oc3cnc4[nH]ccc4c3)cc2SC(F)(F)F)CC1. The number of thioether (sulfide) groups is 1. The Hall–Kier alpha value is -5.55. The molecule has 4 aromatic carbocycles. The molecule has 6 aromatic rings. The van der Waals surface area contributed by atoms with Gasteiger partial charge in [-0.2, -0.15) is 13.2 Å². The van der Waals surface area contributed by atoms with Crippen molar-refractivity contribution in [3.63, 3.8) is 0 Å². The lowest BCUT2D eigenvalue weighted by atomic mass is 9.87. The van der Waals surface area contributed by atoms with Crippen molar-refractivity contribution in [1.29, 1.82) is 0 Å². The Morgan fingerprint density at radius 3 is 2.41 bits per heavy atom. The van der Waals surface area contributed by atoms with E-state index in [1.54, 1.807) is 35.5 Å². The number of nitrogens with zero attached hydrogens (tertiary/aromatic N) is 4. The van der Waals surface area contributed by atoms with Crippen molar-refractivity contribution < 1.29 is 32.2 Å². The Balaban J connectivity index is 0.904. The summed E-state index contributed by atoms with van der Waals surface area (Å²) in [6.07, 6.45) is 6.68. The predicted octanol–water partition coefficient (Wildman–Crippen LogP) is 12.5. The van der Waals surface area contributed by atoms with Crippen molar-refractivity contribution >= 4 is 69.7 Å². The van der Waals surface area contributed by atoms with Crippen molar-refractivity contribution in [3.05, 3.63) is 126 Å². The number of benzene rings is 4. The second kappa shape index (κ2) is 21.8. The summed E-state index contributed by atoms with van der Waals surface area (Å²) in [4.78, 5) is 40.6. The highest BCUT2D eigenvalue weighted by atomic mass is 35.5. The largest absolute Gasteiger partial charge is 0.455 e. The monoisotopic (exact) mass is 985 g/mol. The fraction of sp³-hybridized carbons (Fsp3) is 0.353. The molecule has 2 aliphatic rings. The maximum absolute atomic E-state index is 14.0. The topological polar surface area (TPSA) is 115 Å². The molecule has 17 heteroatoms. The maximum Gasteiger partial charge on any atom is 0.446 e. The van der Waals surface area contributed by atoms with Crippen LogP contribution < -0.4 is 19.7 Å². The van der Waals surface area contributed by atoms with Gasteiger partial charge in [0.15, 0.2) is 0 Å². The first-order valence-corrected chi connectivity index (χ1v) is 24.8. The van der Waals surface area contributed by atoms with Gasteiger partial charge in [0.1, 0.15) is 22.7 Å². The molecule has 3 N–H and O–H groups in total. The van der Waals surface area contributed by atoms with Gasteiger partial charge in [0, 0.05) is 89.7 Å². The summed E-state index contributed by atoms with van der Waals surface area (Å²) in [7, 11) is 0. The number of hydrogen-bond donors (Lipinski definition) is 3. The summed E-state index contributed by atoms with van der Waals surface area (Å²) in [5, 5.41) is 4.74. The highest BCUT2D eigenvalue weighted by Crippen LogP contribution is 2.42. The third kappa shape index (κ3) is 13.4. The Morgan fingerprint density at radius 2 is 1.66 bits per heavy atom. The quantitative estimate of drug-likeness (QED) is 0.0522.